The summed E-state index contributed by atoms with van der Waals surface area (Å²) in [4.78, 5) is 0.889. The van der Waals surface area contributed by atoms with E-state index in [-0.39, 0.29) is 15.7 Å². The van der Waals surface area contributed by atoms with Gasteiger partial charge < -0.3 is 0 Å². The van der Waals surface area contributed by atoms with Gasteiger partial charge in [-0.2, -0.15) is 0 Å². The molecule has 0 N–H and O–H groups in total. The highest BCUT2D eigenvalue weighted by molar-refractivity contribution is 7.95. The molecule has 0 saturated heterocycles. The van der Waals surface area contributed by atoms with Crippen molar-refractivity contribution in [3.63, 3.8) is 0 Å². The van der Waals surface area contributed by atoms with E-state index in [0.717, 1.165) is 5.56 Å². The molecular weight excluding hydrogens is 464 g/mol. The first-order valence-electron chi connectivity index (χ1n) is 11.5. The van der Waals surface area contributed by atoms with Gasteiger partial charge in [-0.1, -0.05) is 72.8 Å². The van der Waals surface area contributed by atoms with E-state index in [1.165, 1.54) is 0 Å². The summed E-state index contributed by atoms with van der Waals surface area (Å²) in [6.07, 6.45) is 3.75. The van der Waals surface area contributed by atoms with Crippen LogP contribution in [0, 0.1) is 0 Å². The maximum Gasteiger partial charge on any atom is 0.203 e. The lowest BCUT2D eigenvalue weighted by Crippen LogP contribution is -2.24. The number of rotatable bonds is 5. The van der Waals surface area contributed by atoms with Crippen molar-refractivity contribution in [1.82, 2.24) is 0 Å². The van der Waals surface area contributed by atoms with E-state index in [0.29, 0.717) is 41.7 Å². The Kier molecular flexibility index (Phi) is 6.04. The molecule has 0 saturated carbocycles. The van der Waals surface area contributed by atoms with Gasteiger partial charge in [0.25, 0.3) is 0 Å². The topological polar surface area (TPSA) is 68.3 Å². The minimum Gasteiger partial charge on any atom is -0.223 e. The van der Waals surface area contributed by atoms with E-state index in [4.69, 9.17) is 0 Å². The Morgan fingerprint density at radius 2 is 1.24 bits per heavy atom. The van der Waals surface area contributed by atoms with Crippen LogP contribution >= 0.6 is 0 Å². The Morgan fingerprint density at radius 1 is 0.676 bits per heavy atom. The number of sulfone groups is 2. The largest absolute Gasteiger partial charge is 0.223 e. The molecule has 0 spiro atoms. The summed E-state index contributed by atoms with van der Waals surface area (Å²) >= 11 is 0. The molecule has 2 aliphatic carbocycles. The highest BCUT2D eigenvalue weighted by Crippen LogP contribution is 2.49. The van der Waals surface area contributed by atoms with Crippen LogP contribution in [-0.4, -0.2) is 22.1 Å². The number of allylic oxidation sites excluding steroid dienone is 3. The van der Waals surface area contributed by atoms with Crippen molar-refractivity contribution >= 4 is 19.7 Å². The van der Waals surface area contributed by atoms with Crippen LogP contribution in [0.3, 0.4) is 0 Å². The Balaban J connectivity index is 1.71. The Hall–Kier alpha value is -2.96. The van der Waals surface area contributed by atoms with Gasteiger partial charge in [0.15, 0.2) is 9.84 Å². The number of hydrogen-bond donors (Lipinski definition) is 0. The fourth-order valence-electron chi connectivity index (χ4n) is 5.18. The highest BCUT2D eigenvalue weighted by Gasteiger charge is 2.42. The molecule has 4 nitrogen and oxygen atoms in total. The van der Waals surface area contributed by atoms with Gasteiger partial charge in [-0.05, 0) is 66.7 Å². The molecule has 0 radical (unpaired) electrons. The molecule has 1 unspecified atom stereocenters. The van der Waals surface area contributed by atoms with Gasteiger partial charge in [-0.15, -0.1) is 0 Å². The molecule has 0 amide bonds. The molecule has 0 bridgehead atoms. The van der Waals surface area contributed by atoms with Gasteiger partial charge in [0.1, 0.15) is 0 Å². The van der Waals surface area contributed by atoms with Crippen molar-refractivity contribution in [2.75, 3.05) is 0 Å². The second-order valence-electron chi connectivity index (χ2n) is 8.75. The zero-order valence-electron chi connectivity index (χ0n) is 18.7. The minimum absolute atomic E-state index is 0.184. The second kappa shape index (κ2) is 9.01. The predicted octanol–water partition coefficient (Wildman–Crippen LogP) is 5.85. The maximum absolute atomic E-state index is 13.9. The van der Waals surface area contributed by atoms with E-state index in [9.17, 15) is 16.8 Å². The quantitative estimate of drug-likeness (QED) is 0.450. The van der Waals surface area contributed by atoms with Crippen LogP contribution in [-0.2, 0) is 19.7 Å². The van der Waals surface area contributed by atoms with Gasteiger partial charge in [0, 0.05) is 5.92 Å². The zero-order chi connectivity index (χ0) is 23.8. The second-order valence-corrected chi connectivity index (χ2v) is 12.9. The maximum atomic E-state index is 13.9. The normalized spacial score (nSPS) is 21.0. The SMILES string of the molecule is O=S(=O)(C1=C2C(=CCC2c2ccccc2)[C@H](S(=O)(=O)c2ccccc2)CCC1)c1ccccc1. The lowest BCUT2D eigenvalue weighted by molar-refractivity contribution is 0.579. The molecule has 0 heterocycles. The van der Waals surface area contributed by atoms with Crippen molar-refractivity contribution in [3.05, 3.63) is 119 Å². The highest BCUT2D eigenvalue weighted by atomic mass is 32.2. The van der Waals surface area contributed by atoms with Crippen LogP contribution in [0.1, 0.15) is 37.2 Å². The molecule has 2 atom stereocenters. The molecule has 0 aromatic heterocycles. The number of hydrogen-bond acceptors (Lipinski definition) is 4. The average Bonchev–Trinajstić information content (AvgIpc) is 3.19. The van der Waals surface area contributed by atoms with E-state index < -0.39 is 24.9 Å². The van der Waals surface area contributed by atoms with Crippen LogP contribution in [0.25, 0.3) is 0 Å². The minimum atomic E-state index is -3.77. The van der Waals surface area contributed by atoms with Crippen LogP contribution in [0.2, 0.25) is 0 Å². The third-order valence-corrected chi connectivity index (χ3v) is 10.9. The summed E-state index contributed by atoms with van der Waals surface area (Å²) in [5.41, 5.74) is 2.34. The van der Waals surface area contributed by atoms with E-state index in [2.05, 4.69) is 0 Å². The lowest BCUT2D eigenvalue weighted by Gasteiger charge is -2.23. The first-order valence-corrected chi connectivity index (χ1v) is 14.5. The molecule has 34 heavy (non-hydrogen) atoms. The van der Waals surface area contributed by atoms with E-state index >= 15 is 0 Å². The zero-order valence-corrected chi connectivity index (χ0v) is 20.3. The summed E-state index contributed by atoms with van der Waals surface area (Å²) < 4.78 is 55.2. The molecular formula is C28H26O4S2. The van der Waals surface area contributed by atoms with E-state index in [1.807, 2.05) is 36.4 Å². The van der Waals surface area contributed by atoms with Crippen LogP contribution < -0.4 is 0 Å². The monoisotopic (exact) mass is 490 g/mol. The molecule has 0 fully saturated rings. The van der Waals surface area contributed by atoms with Crippen molar-refractivity contribution in [2.45, 2.75) is 46.6 Å². The molecule has 2 aliphatic rings. The predicted molar refractivity (Wildman–Crippen MR) is 134 cm³/mol. The van der Waals surface area contributed by atoms with Crippen molar-refractivity contribution < 1.29 is 16.8 Å². The summed E-state index contributed by atoms with van der Waals surface area (Å²) in [6.45, 7) is 0. The molecule has 174 valence electrons. The summed E-state index contributed by atoms with van der Waals surface area (Å²) in [6, 6.07) is 26.7. The lowest BCUT2D eigenvalue weighted by atomic mass is 9.90. The first-order chi connectivity index (χ1) is 16.4. The van der Waals surface area contributed by atoms with E-state index in [1.54, 1.807) is 60.7 Å². The van der Waals surface area contributed by atoms with Crippen LogP contribution in [0.5, 0.6) is 0 Å². The fraction of sp³-hybridized carbons (Fsp3) is 0.214. The van der Waals surface area contributed by atoms with Crippen molar-refractivity contribution in [3.8, 4) is 0 Å². The summed E-state index contributed by atoms with van der Waals surface area (Å²) in [7, 11) is -7.45. The molecule has 3 aromatic carbocycles. The van der Waals surface area contributed by atoms with Gasteiger partial charge in [-0.25, -0.2) is 16.8 Å². The third kappa shape index (κ3) is 3.95. The smallest absolute Gasteiger partial charge is 0.203 e. The van der Waals surface area contributed by atoms with Gasteiger partial charge >= 0.3 is 0 Å². The molecule has 5 rings (SSSR count). The number of fused-ring (bicyclic) bond motifs is 1. The molecule has 3 aromatic rings. The Labute approximate surface area is 201 Å². The van der Waals surface area contributed by atoms with Gasteiger partial charge in [-0.3, -0.25) is 0 Å². The average molecular weight is 491 g/mol. The molecule has 0 aliphatic heterocycles. The first kappa shape index (κ1) is 22.8. The summed E-state index contributed by atoms with van der Waals surface area (Å²) in [5.74, 6) is -0.184. The van der Waals surface area contributed by atoms with Crippen LogP contribution in [0.4, 0.5) is 0 Å². The fourth-order valence-corrected chi connectivity index (χ4v) is 8.84. The van der Waals surface area contributed by atoms with Gasteiger partial charge in [0.2, 0.25) is 9.84 Å². The van der Waals surface area contributed by atoms with Crippen LogP contribution in [0.15, 0.2) is 123 Å². The van der Waals surface area contributed by atoms with Gasteiger partial charge in [0.05, 0.1) is 19.9 Å². The Bertz CT molecular complexity index is 1460. The van der Waals surface area contributed by atoms with Crippen molar-refractivity contribution in [2.24, 2.45) is 0 Å². The molecule has 6 heteroatoms. The number of benzene rings is 3. The standard InChI is InChI=1S/C28H26O4S2/c29-33(30,22-13-6-2-7-14-22)26-17-10-18-27(34(31,32)23-15-8-3-9-16-23)28-24(19-20-25(26)28)21-11-4-1-5-12-21/h1-9,11-16,20,24,26H,10,17-19H2/t24?,26-/m1/s1. The van der Waals surface area contributed by atoms with Crippen molar-refractivity contribution in [1.29, 1.82) is 0 Å². The Morgan fingerprint density at radius 3 is 1.85 bits per heavy atom. The third-order valence-electron chi connectivity index (χ3n) is 6.78. The summed E-state index contributed by atoms with van der Waals surface area (Å²) in [5, 5.41) is -0.762.